The third-order valence-corrected chi connectivity index (χ3v) is 8.73. The summed E-state index contributed by atoms with van der Waals surface area (Å²) in [5.41, 5.74) is 4.80. The second-order valence-electron chi connectivity index (χ2n) is 10.8. The zero-order chi connectivity index (χ0) is 30.4. The number of fused-ring (bicyclic) bond motifs is 2. The van der Waals surface area contributed by atoms with Crippen LogP contribution in [0.5, 0.6) is 17.2 Å². The van der Waals surface area contributed by atoms with Gasteiger partial charge in [-0.25, -0.2) is 4.98 Å². The summed E-state index contributed by atoms with van der Waals surface area (Å²) in [4.78, 5) is 33.7. The molecule has 3 heterocycles. The van der Waals surface area contributed by atoms with E-state index in [2.05, 4.69) is 0 Å². The third kappa shape index (κ3) is 4.95. The van der Waals surface area contributed by atoms with E-state index < -0.39 is 17.7 Å². The standard InChI is InChI=1S/C35H28N2O6S/c1-20-16-21(2)30-28(17-20)44-35(36-30)37-31(23-8-11-25(12-9-23)43-19-22-6-4-3-5-7-22)29(33(39)34(37)40)32(38)24-10-13-26-27(18-24)42-15-14-41-26/h3-13,16-18,31,38H,14-15,19H2,1-2H3/b32-29+/t31-/m0/s1. The third-order valence-electron chi connectivity index (χ3n) is 7.73. The number of aliphatic hydroxyl groups excluding tert-OH is 1. The summed E-state index contributed by atoms with van der Waals surface area (Å²) in [6, 6.07) is 25.1. The largest absolute Gasteiger partial charge is 0.507 e. The number of benzene rings is 4. The van der Waals surface area contributed by atoms with Crippen molar-refractivity contribution >= 4 is 44.1 Å². The van der Waals surface area contributed by atoms with Crippen LogP contribution in [0.2, 0.25) is 0 Å². The number of aryl methyl sites for hydroxylation is 2. The summed E-state index contributed by atoms with van der Waals surface area (Å²) in [5, 5.41) is 12.0. The van der Waals surface area contributed by atoms with Crippen molar-refractivity contribution in [3.05, 3.63) is 118 Å². The molecular weight excluding hydrogens is 576 g/mol. The number of ether oxygens (including phenoxy) is 3. The number of hydrogen-bond donors (Lipinski definition) is 1. The van der Waals surface area contributed by atoms with E-state index >= 15 is 0 Å². The van der Waals surface area contributed by atoms with Gasteiger partial charge in [0.2, 0.25) is 0 Å². The van der Waals surface area contributed by atoms with Crippen molar-refractivity contribution in [1.29, 1.82) is 0 Å². The predicted octanol–water partition coefficient (Wildman–Crippen LogP) is 6.89. The molecule has 2 aliphatic rings. The summed E-state index contributed by atoms with van der Waals surface area (Å²) in [5.74, 6) is -0.206. The fraction of sp³-hybridized carbons (Fsp3) is 0.171. The Bertz CT molecular complexity index is 1950. The number of amides is 1. The Kier molecular flexibility index (Phi) is 7.02. The van der Waals surface area contributed by atoms with E-state index in [1.807, 2.05) is 68.4 Å². The van der Waals surface area contributed by atoms with Crippen molar-refractivity contribution in [2.45, 2.75) is 26.5 Å². The molecule has 1 fully saturated rings. The number of Topliss-reactive ketones (excluding diaryl/α,β-unsaturated/α-hetero) is 1. The summed E-state index contributed by atoms with van der Waals surface area (Å²) in [6.45, 7) is 5.17. The molecule has 2 aliphatic heterocycles. The predicted molar refractivity (Wildman–Crippen MR) is 169 cm³/mol. The van der Waals surface area contributed by atoms with Gasteiger partial charge in [-0.2, -0.15) is 0 Å². The highest BCUT2D eigenvalue weighted by molar-refractivity contribution is 7.22. The number of carbonyl (C=O) groups excluding carboxylic acids is 2. The number of ketones is 1. The highest BCUT2D eigenvalue weighted by Crippen LogP contribution is 2.45. The molecule has 1 amide bonds. The van der Waals surface area contributed by atoms with Gasteiger partial charge in [0, 0.05) is 5.56 Å². The van der Waals surface area contributed by atoms with Gasteiger partial charge in [0.1, 0.15) is 31.3 Å². The van der Waals surface area contributed by atoms with Crippen molar-refractivity contribution in [3.63, 3.8) is 0 Å². The number of thiazole rings is 1. The SMILES string of the molecule is Cc1cc(C)c2nc(N3C(=O)C(=O)/C(=C(/O)c4ccc5c(c4)OCCO5)[C@@H]3c3ccc(OCc4ccccc4)cc3)sc2c1. The summed E-state index contributed by atoms with van der Waals surface area (Å²) < 4.78 is 18.2. The average molecular weight is 605 g/mol. The number of rotatable bonds is 6. The summed E-state index contributed by atoms with van der Waals surface area (Å²) in [6.07, 6.45) is 0. The number of aliphatic hydroxyl groups is 1. The van der Waals surface area contributed by atoms with Crippen LogP contribution in [0.15, 0.2) is 90.5 Å². The Balaban J connectivity index is 1.32. The molecule has 0 unspecified atom stereocenters. The zero-order valence-corrected chi connectivity index (χ0v) is 24.9. The molecular formula is C35H28N2O6S. The number of hydrogen-bond acceptors (Lipinski definition) is 8. The molecule has 0 radical (unpaired) electrons. The molecule has 1 N–H and O–H groups in total. The zero-order valence-electron chi connectivity index (χ0n) is 24.1. The van der Waals surface area contributed by atoms with Gasteiger partial charge in [0.05, 0.1) is 21.8 Å². The Morgan fingerprint density at radius 1 is 0.955 bits per heavy atom. The molecule has 7 rings (SSSR count). The first-order chi connectivity index (χ1) is 21.4. The van der Waals surface area contributed by atoms with Crippen LogP contribution in [0.3, 0.4) is 0 Å². The van der Waals surface area contributed by atoms with Gasteiger partial charge in [0.15, 0.2) is 16.6 Å². The second kappa shape index (κ2) is 11.2. The molecule has 5 aromatic rings. The van der Waals surface area contributed by atoms with E-state index in [1.165, 1.54) is 16.2 Å². The molecule has 1 aromatic heterocycles. The summed E-state index contributed by atoms with van der Waals surface area (Å²) >= 11 is 1.34. The van der Waals surface area contributed by atoms with E-state index in [0.717, 1.165) is 26.9 Å². The minimum Gasteiger partial charge on any atom is -0.507 e. The molecule has 1 saturated heterocycles. The summed E-state index contributed by atoms with van der Waals surface area (Å²) in [7, 11) is 0. The smallest absolute Gasteiger partial charge is 0.301 e. The molecule has 0 bridgehead atoms. The monoisotopic (exact) mass is 604 g/mol. The maximum Gasteiger partial charge on any atom is 0.301 e. The molecule has 0 aliphatic carbocycles. The Labute approximate surface area is 257 Å². The lowest BCUT2D eigenvalue weighted by Crippen LogP contribution is -2.29. The van der Waals surface area contributed by atoms with Crippen LogP contribution in [0.1, 0.15) is 33.9 Å². The van der Waals surface area contributed by atoms with Gasteiger partial charge in [-0.3, -0.25) is 14.5 Å². The number of anilines is 1. The fourth-order valence-corrected chi connectivity index (χ4v) is 6.81. The van der Waals surface area contributed by atoms with Gasteiger partial charge in [-0.05, 0) is 72.5 Å². The maximum absolute atomic E-state index is 13.8. The molecule has 4 aromatic carbocycles. The topological polar surface area (TPSA) is 98.2 Å². The van der Waals surface area contributed by atoms with Gasteiger partial charge in [-0.1, -0.05) is 59.9 Å². The molecule has 9 heteroatoms. The van der Waals surface area contributed by atoms with E-state index in [4.69, 9.17) is 19.2 Å². The first-order valence-corrected chi connectivity index (χ1v) is 15.0. The molecule has 0 saturated carbocycles. The van der Waals surface area contributed by atoms with Crippen molar-refractivity contribution in [2.24, 2.45) is 0 Å². The van der Waals surface area contributed by atoms with Gasteiger partial charge in [0.25, 0.3) is 5.78 Å². The van der Waals surface area contributed by atoms with Crippen molar-refractivity contribution in [3.8, 4) is 17.2 Å². The van der Waals surface area contributed by atoms with Crippen LogP contribution in [-0.2, 0) is 16.2 Å². The van der Waals surface area contributed by atoms with Crippen molar-refractivity contribution in [1.82, 2.24) is 4.98 Å². The normalized spacial score (nSPS) is 17.3. The van der Waals surface area contributed by atoms with Crippen molar-refractivity contribution < 1.29 is 28.9 Å². The first-order valence-electron chi connectivity index (χ1n) is 14.2. The minimum atomic E-state index is -0.923. The fourth-order valence-electron chi connectivity index (χ4n) is 5.64. The number of carbonyl (C=O) groups is 2. The lowest BCUT2D eigenvalue weighted by Gasteiger charge is -2.23. The van der Waals surface area contributed by atoms with Crippen LogP contribution < -0.4 is 19.1 Å². The Morgan fingerprint density at radius 3 is 2.48 bits per heavy atom. The lowest BCUT2D eigenvalue weighted by atomic mass is 9.95. The van der Waals surface area contributed by atoms with Crippen LogP contribution >= 0.6 is 11.3 Å². The van der Waals surface area contributed by atoms with Crippen LogP contribution in [0, 0.1) is 13.8 Å². The quantitative estimate of drug-likeness (QED) is 0.128. The first kappa shape index (κ1) is 27.7. The van der Waals surface area contributed by atoms with Gasteiger partial charge >= 0.3 is 5.91 Å². The van der Waals surface area contributed by atoms with Crippen molar-refractivity contribution in [2.75, 3.05) is 18.1 Å². The van der Waals surface area contributed by atoms with Crippen LogP contribution in [-0.4, -0.2) is 35.0 Å². The number of aromatic nitrogens is 1. The molecule has 220 valence electrons. The molecule has 8 nitrogen and oxygen atoms in total. The van der Waals surface area contributed by atoms with Crippen LogP contribution in [0.4, 0.5) is 5.13 Å². The van der Waals surface area contributed by atoms with Gasteiger partial charge in [-0.15, -0.1) is 0 Å². The number of nitrogens with zero attached hydrogens (tertiary/aromatic N) is 2. The van der Waals surface area contributed by atoms with E-state index in [1.54, 1.807) is 30.3 Å². The molecule has 0 spiro atoms. The highest BCUT2D eigenvalue weighted by Gasteiger charge is 2.48. The minimum absolute atomic E-state index is 0.0307. The van der Waals surface area contributed by atoms with E-state index in [0.29, 0.717) is 53.3 Å². The van der Waals surface area contributed by atoms with Crippen LogP contribution in [0.25, 0.3) is 16.0 Å². The van der Waals surface area contributed by atoms with E-state index in [9.17, 15) is 14.7 Å². The molecule has 1 atom stereocenters. The highest BCUT2D eigenvalue weighted by atomic mass is 32.1. The lowest BCUT2D eigenvalue weighted by molar-refractivity contribution is -0.132. The average Bonchev–Trinajstić information content (AvgIpc) is 3.58. The van der Waals surface area contributed by atoms with Gasteiger partial charge < -0.3 is 19.3 Å². The Morgan fingerprint density at radius 2 is 1.70 bits per heavy atom. The molecule has 44 heavy (non-hydrogen) atoms. The Hall–Kier alpha value is -5.15. The second-order valence-corrected chi connectivity index (χ2v) is 11.8. The van der Waals surface area contributed by atoms with E-state index in [-0.39, 0.29) is 11.3 Å². The maximum atomic E-state index is 13.8.